The maximum atomic E-state index is 5.84. The Balaban J connectivity index is 1.87. The molecule has 0 radical (unpaired) electrons. The normalized spacial score (nSPS) is 11.5. The van der Waals surface area contributed by atoms with Gasteiger partial charge < -0.3 is 5.73 Å². The molecule has 0 aliphatic carbocycles. The molecule has 0 spiro atoms. The second-order valence-electron chi connectivity index (χ2n) is 5.95. The van der Waals surface area contributed by atoms with E-state index in [4.69, 9.17) is 5.73 Å². The molecule has 25 heavy (non-hydrogen) atoms. The Kier molecular flexibility index (Phi) is 5.90. The number of hydrogen-bond donors (Lipinski definition) is 1. The van der Waals surface area contributed by atoms with Crippen LogP contribution in [-0.2, 0) is 0 Å². The fraction of sp³-hybridized carbons (Fsp3) is 0.0909. The molecule has 1 nitrogen and oxygen atoms in total. The van der Waals surface area contributed by atoms with Crippen LogP contribution in [0.15, 0.2) is 88.0 Å². The summed E-state index contributed by atoms with van der Waals surface area (Å²) in [6, 6.07) is 25.3. The van der Waals surface area contributed by atoms with Crippen molar-refractivity contribution in [3.63, 3.8) is 0 Å². The predicted molar refractivity (Wildman–Crippen MR) is 113 cm³/mol. The van der Waals surface area contributed by atoms with Crippen molar-refractivity contribution in [2.45, 2.75) is 23.6 Å². The molecule has 2 N–H and O–H groups in total. The summed E-state index contributed by atoms with van der Waals surface area (Å²) in [4.78, 5) is 3.69. The smallest absolute Gasteiger partial charge is 0.0314 e. The van der Waals surface area contributed by atoms with E-state index in [1.165, 1.54) is 31.4 Å². The van der Waals surface area contributed by atoms with E-state index in [2.05, 4.69) is 79.9 Å². The Labute approximate surface area is 158 Å². The van der Waals surface area contributed by atoms with Gasteiger partial charge in [-0.1, -0.05) is 71.0 Å². The highest BCUT2D eigenvalue weighted by atomic mass is 32.2. The first-order valence-electron chi connectivity index (χ1n) is 8.14. The molecule has 0 heterocycles. The van der Waals surface area contributed by atoms with Gasteiger partial charge in [-0.05, 0) is 61.2 Å². The van der Waals surface area contributed by atoms with Crippen LogP contribution in [0.2, 0.25) is 0 Å². The molecule has 0 atom stereocenters. The van der Waals surface area contributed by atoms with Crippen molar-refractivity contribution in [1.82, 2.24) is 0 Å². The molecule has 0 aromatic heterocycles. The van der Waals surface area contributed by atoms with Gasteiger partial charge in [0.1, 0.15) is 0 Å². The lowest BCUT2D eigenvalue weighted by molar-refractivity contribution is 1.38. The second kappa shape index (κ2) is 8.32. The Morgan fingerprint density at radius 1 is 0.720 bits per heavy atom. The molecule has 0 saturated carbocycles. The number of rotatable bonds is 5. The van der Waals surface area contributed by atoms with E-state index >= 15 is 0 Å². The number of nitrogens with two attached hydrogens (primary N) is 1. The van der Waals surface area contributed by atoms with Crippen molar-refractivity contribution in [2.75, 3.05) is 5.73 Å². The summed E-state index contributed by atoms with van der Waals surface area (Å²) in [5.41, 5.74) is 10.4. The molecule has 0 aliphatic heterocycles. The molecule has 0 unspecified atom stereocenters. The zero-order valence-corrected chi connectivity index (χ0v) is 16.0. The molecule has 3 rings (SSSR count). The first-order valence-corrected chi connectivity index (χ1v) is 9.84. The van der Waals surface area contributed by atoms with Crippen LogP contribution in [0.4, 0.5) is 5.69 Å². The quantitative estimate of drug-likeness (QED) is 0.400. The zero-order valence-electron chi connectivity index (χ0n) is 14.4. The van der Waals surface area contributed by atoms with Crippen LogP contribution in [0.5, 0.6) is 0 Å². The number of benzene rings is 3. The van der Waals surface area contributed by atoms with Crippen molar-refractivity contribution in [2.24, 2.45) is 0 Å². The Bertz CT molecular complexity index is 848. The van der Waals surface area contributed by atoms with Crippen molar-refractivity contribution < 1.29 is 0 Å². The number of aryl methyl sites for hydroxylation is 2. The Morgan fingerprint density at radius 3 is 1.80 bits per heavy atom. The van der Waals surface area contributed by atoms with Gasteiger partial charge in [-0.3, -0.25) is 0 Å². The van der Waals surface area contributed by atoms with Crippen molar-refractivity contribution in [3.8, 4) is 0 Å². The van der Waals surface area contributed by atoms with E-state index in [0.717, 1.165) is 5.69 Å². The van der Waals surface area contributed by atoms with Gasteiger partial charge in [-0.25, -0.2) is 0 Å². The van der Waals surface area contributed by atoms with E-state index in [1.807, 2.05) is 12.1 Å². The predicted octanol–water partition coefficient (Wildman–Crippen LogP) is 6.77. The van der Waals surface area contributed by atoms with Gasteiger partial charge in [0.05, 0.1) is 0 Å². The number of thioether (sulfide) groups is 2. The highest BCUT2D eigenvalue weighted by molar-refractivity contribution is 8.10. The minimum atomic E-state index is 0.787. The molecule has 0 amide bonds. The number of nitrogen functional groups attached to an aromatic ring is 1. The molecular weight excluding hydrogens is 342 g/mol. The third kappa shape index (κ3) is 5.18. The van der Waals surface area contributed by atoms with Crippen LogP contribution in [0.3, 0.4) is 0 Å². The first kappa shape index (κ1) is 17.7. The molecule has 0 bridgehead atoms. The fourth-order valence-corrected chi connectivity index (χ4v) is 4.06. The highest BCUT2D eigenvalue weighted by Gasteiger charge is 2.05. The number of anilines is 1. The summed E-state index contributed by atoms with van der Waals surface area (Å²) < 4.78 is 0. The summed E-state index contributed by atoms with van der Waals surface area (Å²) in [5.74, 6) is 0. The largest absolute Gasteiger partial charge is 0.399 e. The summed E-state index contributed by atoms with van der Waals surface area (Å²) in [6.45, 7) is 4.22. The zero-order chi connectivity index (χ0) is 17.6. The van der Waals surface area contributed by atoms with Gasteiger partial charge in [0.2, 0.25) is 0 Å². The third-order valence-corrected chi connectivity index (χ3v) is 5.90. The van der Waals surface area contributed by atoms with E-state index < -0.39 is 0 Å². The van der Waals surface area contributed by atoms with E-state index in [0.29, 0.717) is 0 Å². The van der Waals surface area contributed by atoms with Gasteiger partial charge in [-0.2, -0.15) is 0 Å². The van der Waals surface area contributed by atoms with Crippen LogP contribution >= 0.6 is 23.5 Å². The van der Waals surface area contributed by atoms with Gasteiger partial charge in [0.25, 0.3) is 0 Å². The van der Waals surface area contributed by atoms with Gasteiger partial charge >= 0.3 is 0 Å². The second-order valence-corrected chi connectivity index (χ2v) is 8.01. The summed E-state index contributed by atoms with van der Waals surface area (Å²) in [6.07, 6.45) is 0. The SMILES string of the molecule is Cc1ccc(S/C=C(\Sc2ccc(C)cc2)c2ccc(N)cc2)cc1. The Morgan fingerprint density at radius 2 is 1.24 bits per heavy atom. The maximum absolute atomic E-state index is 5.84. The van der Waals surface area contributed by atoms with Crippen LogP contribution in [0.25, 0.3) is 4.91 Å². The van der Waals surface area contributed by atoms with Gasteiger partial charge in [0.15, 0.2) is 0 Å². The molecule has 0 saturated heterocycles. The standard InChI is InChI=1S/C22H21NS2/c1-16-3-11-20(12-4-16)24-15-22(18-7-9-19(23)10-8-18)25-21-13-5-17(2)6-14-21/h3-15H,23H2,1-2H3/b22-15-. The van der Waals surface area contributed by atoms with Gasteiger partial charge in [0, 0.05) is 20.4 Å². The average Bonchev–Trinajstić information content (AvgIpc) is 2.62. The Hall–Kier alpha value is -2.10. The minimum absolute atomic E-state index is 0.787. The molecular formula is C22H21NS2. The van der Waals surface area contributed by atoms with E-state index in [-0.39, 0.29) is 0 Å². The van der Waals surface area contributed by atoms with E-state index in [1.54, 1.807) is 23.5 Å². The molecule has 3 heteroatoms. The summed E-state index contributed by atoms with van der Waals surface area (Å²) in [5, 5.41) is 2.22. The third-order valence-electron chi connectivity index (χ3n) is 3.77. The van der Waals surface area contributed by atoms with Crippen LogP contribution in [0.1, 0.15) is 16.7 Å². The van der Waals surface area contributed by atoms with Crippen molar-refractivity contribution in [3.05, 3.63) is 94.9 Å². The van der Waals surface area contributed by atoms with Crippen molar-refractivity contribution >= 4 is 34.1 Å². The average molecular weight is 364 g/mol. The van der Waals surface area contributed by atoms with E-state index in [9.17, 15) is 0 Å². The maximum Gasteiger partial charge on any atom is 0.0314 e. The fourth-order valence-electron chi connectivity index (χ4n) is 2.27. The van der Waals surface area contributed by atoms with Crippen LogP contribution < -0.4 is 5.73 Å². The lowest BCUT2D eigenvalue weighted by Crippen LogP contribution is -1.86. The number of hydrogen-bond acceptors (Lipinski definition) is 3. The highest BCUT2D eigenvalue weighted by Crippen LogP contribution is 2.37. The lowest BCUT2D eigenvalue weighted by atomic mass is 10.2. The summed E-state index contributed by atoms with van der Waals surface area (Å²) >= 11 is 3.52. The lowest BCUT2D eigenvalue weighted by Gasteiger charge is -2.09. The van der Waals surface area contributed by atoms with Crippen molar-refractivity contribution in [1.29, 1.82) is 0 Å². The van der Waals surface area contributed by atoms with Gasteiger partial charge in [-0.15, -0.1) is 0 Å². The molecule has 3 aromatic carbocycles. The monoisotopic (exact) mass is 363 g/mol. The topological polar surface area (TPSA) is 26.0 Å². The first-order chi connectivity index (χ1) is 12.1. The summed E-state index contributed by atoms with van der Waals surface area (Å²) in [7, 11) is 0. The molecule has 0 aliphatic rings. The van der Waals surface area contributed by atoms with Crippen LogP contribution in [0, 0.1) is 13.8 Å². The molecule has 3 aromatic rings. The van der Waals surface area contributed by atoms with Crippen LogP contribution in [-0.4, -0.2) is 0 Å². The minimum Gasteiger partial charge on any atom is -0.399 e. The molecule has 0 fully saturated rings. The molecule has 126 valence electrons.